The normalized spacial score (nSPS) is 10.8. The number of ether oxygens (including phenoxy) is 1. The van der Waals surface area contributed by atoms with Gasteiger partial charge in [0.15, 0.2) is 0 Å². The number of carbonyl (C=O) groups excluding carboxylic acids is 1. The number of nitrogens with zero attached hydrogens (tertiary/aromatic N) is 2. The van der Waals surface area contributed by atoms with Gasteiger partial charge in [0.2, 0.25) is 0 Å². The van der Waals surface area contributed by atoms with Gasteiger partial charge in [-0.3, -0.25) is 0 Å². The van der Waals surface area contributed by atoms with E-state index in [1.807, 2.05) is 38.1 Å². The molecule has 0 atom stereocenters. The number of benzene rings is 2. The van der Waals surface area contributed by atoms with Crippen molar-refractivity contribution < 1.29 is 9.53 Å². The van der Waals surface area contributed by atoms with Crippen molar-refractivity contribution in [2.45, 2.75) is 33.9 Å². The van der Waals surface area contributed by atoms with Crippen LogP contribution in [0.2, 0.25) is 0 Å². The first-order chi connectivity index (χ1) is 14.5. The van der Waals surface area contributed by atoms with Crippen molar-refractivity contribution >= 4 is 11.7 Å². The van der Waals surface area contributed by atoms with Gasteiger partial charge in [-0.05, 0) is 49.6 Å². The quantitative estimate of drug-likeness (QED) is 0.564. The van der Waals surface area contributed by atoms with E-state index in [0.29, 0.717) is 19.7 Å². The molecular formula is C25H31N3O2. The number of amides is 2. The number of rotatable bonds is 8. The van der Waals surface area contributed by atoms with Gasteiger partial charge >= 0.3 is 6.03 Å². The Balaban J connectivity index is 1.76. The Morgan fingerprint density at radius 2 is 1.70 bits per heavy atom. The second kappa shape index (κ2) is 10.1. The predicted octanol–water partition coefficient (Wildman–Crippen LogP) is 5.14. The van der Waals surface area contributed by atoms with E-state index < -0.39 is 0 Å². The van der Waals surface area contributed by atoms with Crippen molar-refractivity contribution in [3.05, 3.63) is 88.7 Å². The fourth-order valence-corrected chi connectivity index (χ4v) is 3.48. The second-order valence-electron chi connectivity index (χ2n) is 7.72. The summed E-state index contributed by atoms with van der Waals surface area (Å²) in [5.41, 5.74) is 6.56. The Kier molecular flexibility index (Phi) is 7.31. The van der Waals surface area contributed by atoms with Crippen molar-refractivity contribution in [3.63, 3.8) is 0 Å². The van der Waals surface area contributed by atoms with E-state index >= 15 is 0 Å². The number of urea groups is 1. The maximum absolute atomic E-state index is 13.1. The van der Waals surface area contributed by atoms with Gasteiger partial charge in [-0.1, -0.05) is 48.0 Å². The summed E-state index contributed by atoms with van der Waals surface area (Å²) in [6.07, 6.45) is 2.06. The van der Waals surface area contributed by atoms with E-state index in [9.17, 15) is 4.79 Å². The molecule has 0 saturated heterocycles. The number of hydrogen-bond donors (Lipinski definition) is 1. The minimum Gasteiger partial charge on any atom is -0.383 e. The average Bonchev–Trinajstić information content (AvgIpc) is 3.16. The molecule has 0 fully saturated rings. The molecule has 0 unspecified atom stereocenters. The molecule has 0 aliphatic carbocycles. The van der Waals surface area contributed by atoms with Gasteiger partial charge in [0.25, 0.3) is 0 Å². The highest BCUT2D eigenvalue weighted by Crippen LogP contribution is 2.20. The van der Waals surface area contributed by atoms with Gasteiger partial charge in [0, 0.05) is 37.8 Å². The molecule has 5 heteroatoms. The lowest BCUT2D eigenvalue weighted by atomic mass is 10.1. The van der Waals surface area contributed by atoms with Gasteiger partial charge in [0.1, 0.15) is 0 Å². The number of aryl methyl sites for hydroxylation is 3. The van der Waals surface area contributed by atoms with Crippen LogP contribution >= 0.6 is 0 Å². The lowest BCUT2D eigenvalue weighted by Crippen LogP contribution is -2.37. The molecule has 0 aliphatic rings. The number of hydrogen-bond acceptors (Lipinski definition) is 2. The molecule has 2 amide bonds. The van der Waals surface area contributed by atoms with Crippen molar-refractivity contribution in [2.75, 3.05) is 25.6 Å². The molecule has 158 valence electrons. The zero-order chi connectivity index (χ0) is 21.5. The minimum absolute atomic E-state index is 0.118. The predicted molar refractivity (Wildman–Crippen MR) is 122 cm³/mol. The number of anilines is 1. The van der Waals surface area contributed by atoms with Crippen LogP contribution in [-0.4, -0.2) is 35.8 Å². The molecule has 5 nitrogen and oxygen atoms in total. The monoisotopic (exact) mass is 405 g/mol. The summed E-state index contributed by atoms with van der Waals surface area (Å²) in [6, 6.07) is 18.5. The molecule has 0 saturated carbocycles. The van der Waals surface area contributed by atoms with Crippen LogP contribution in [0.1, 0.15) is 27.9 Å². The van der Waals surface area contributed by atoms with Crippen LogP contribution in [0.15, 0.2) is 60.8 Å². The molecule has 3 rings (SSSR count). The first-order valence-electron chi connectivity index (χ1n) is 10.3. The number of carbonyl (C=O) groups is 1. The molecule has 3 aromatic rings. The topological polar surface area (TPSA) is 46.5 Å². The Morgan fingerprint density at radius 3 is 2.37 bits per heavy atom. The van der Waals surface area contributed by atoms with Crippen molar-refractivity contribution in [1.82, 2.24) is 9.47 Å². The van der Waals surface area contributed by atoms with Gasteiger partial charge in [-0.15, -0.1) is 0 Å². The van der Waals surface area contributed by atoms with Crippen LogP contribution in [-0.2, 0) is 17.8 Å². The maximum Gasteiger partial charge on any atom is 0.322 e. The zero-order valence-electron chi connectivity index (χ0n) is 18.3. The number of methoxy groups -OCH3 is 1. The van der Waals surface area contributed by atoms with Crippen LogP contribution < -0.4 is 5.32 Å². The van der Waals surface area contributed by atoms with Crippen LogP contribution in [0.4, 0.5) is 10.5 Å². The SMILES string of the molecule is COCCN(Cc1cccn1Cc1ccc(C)cc1)C(=O)Nc1c(C)cccc1C. The van der Waals surface area contributed by atoms with Gasteiger partial charge in [-0.2, -0.15) is 0 Å². The van der Waals surface area contributed by atoms with E-state index in [0.717, 1.165) is 29.1 Å². The molecule has 0 radical (unpaired) electrons. The first-order valence-corrected chi connectivity index (χ1v) is 10.3. The minimum atomic E-state index is -0.118. The van der Waals surface area contributed by atoms with E-state index in [1.165, 1.54) is 11.1 Å². The van der Waals surface area contributed by atoms with Crippen LogP contribution in [0.25, 0.3) is 0 Å². The standard InChI is InChI=1S/C25H31N3O2/c1-19-10-12-22(13-11-19)17-27-14-6-9-23(27)18-28(15-16-30-4)25(29)26-24-20(2)7-5-8-21(24)3/h5-14H,15-18H2,1-4H3,(H,26,29). The van der Waals surface area contributed by atoms with Gasteiger partial charge in [0.05, 0.1) is 13.2 Å². The number of nitrogens with one attached hydrogen (secondary N) is 1. The third-order valence-electron chi connectivity index (χ3n) is 5.32. The molecular weight excluding hydrogens is 374 g/mol. The Bertz CT molecular complexity index is 956. The molecule has 1 heterocycles. The van der Waals surface area contributed by atoms with Crippen LogP contribution in [0, 0.1) is 20.8 Å². The summed E-state index contributed by atoms with van der Waals surface area (Å²) in [7, 11) is 1.65. The van der Waals surface area contributed by atoms with E-state index in [4.69, 9.17) is 4.74 Å². The summed E-state index contributed by atoms with van der Waals surface area (Å²) in [5.74, 6) is 0. The molecule has 2 aromatic carbocycles. The van der Waals surface area contributed by atoms with Crippen molar-refractivity contribution in [3.8, 4) is 0 Å². The summed E-state index contributed by atoms with van der Waals surface area (Å²) >= 11 is 0. The lowest BCUT2D eigenvalue weighted by molar-refractivity contribution is 0.152. The van der Waals surface area contributed by atoms with Crippen LogP contribution in [0.3, 0.4) is 0 Å². The fraction of sp³-hybridized carbons (Fsp3) is 0.320. The Hall–Kier alpha value is -3.05. The molecule has 1 aromatic heterocycles. The number of para-hydroxylation sites is 1. The molecule has 0 aliphatic heterocycles. The van der Waals surface area contributed by atoms with Crippen molar-refractivity contribution in [2.24, 2.45) is 0 Å². The zero-order valence-corrected chi connectivity index (χ0v) is 18.3. The lowest BCUT2D eigenvalue weighted by Gasteiger charge is -2.25. The van der Waals surface area contributed by atoms with Gasteiger partial charge < -0.3 is 19.5 Å². The second-order valence-corrected chi connectivity index (χ2v) is 7.72. The smallest absolute Gasteiger partial charge is 0.322 e. The van der Waals surface area contributed by atoms with E-state index in [-0.39, 0.29) is 6.03 Å². The maximum atomic E-state index is 13.1. The molecule has 0 bridgehead atoms. The van der Waals surface area contributed by atoms with Crippen molar-refractivity contribution in [1.29, 1.82) is 0 Å². The van der Waals surface area contributed by atoms with E-state index in [2.05, 4.69) is 53.3 Å². The van der Waals surface area contributed by atoms with Gasteiger partial charge in [-0.25, -0.2) is 4.79 Å². The third kappa shape index (κ3) is 5.51. The highest BCUT2D eigenvalue weighted by molar-refractivity contribution is 5.91. The van der Waals surface area contributed by atoms with E-state index in [1.54, 1.807) is 12.0 Å². The Morgan fingerprint density at radius 1 is 1.00 bits per heavy atom. The first kappa shape index (κ1) is 21.7. The summed E-state index contributed by atoms with van der Waals surface area (Å²) in [5, 5.41) is 3.10. The van der Waals surface area contributed by atoms with Crippen LogP contribution in [0.5, 0.6) is 0 Å². The Labute approximate surface area is 179 Å². The molecule has 0 spiro atoms. The number of aromatic nitrogens is 1. The molecule has 1 N–H and O–H groups in total. The molecule has 30 heavy (non-hydrogen) atoms. The largest absolute Gasteiger partial charge is 0.383 e. The average molecular weight is 406 g/mol. The third-order valence-corrected chi connectivity index (χ3v) is 5.32. The summed E-state index contributed by atoms with van der Waals surface area (Å²) in [6.45, 7) is 8.40. The summed E-state index contributed by atoms with van der Waals surface area (Å²) < 4.78 is 7.44. The fourth-order valence-electron chi connectivity index (χ4n) is 3.48. The highest BCUT2D eigenvalue weighted by Gasteiger charge is 2.17. The summed E-state index contributed by atoms with van der Waals surface area (Å²) in [4.78, 5) is 14.9. The highest BCUT2D eigenvalue weighted by atomic mass is 16.5.